The Morgan fingerprint density at radius 2 is 2.19 bits per heavy atom. The van der Waals surface area contributed by atoms with Crippen LogP contribution in [0.2, 0.25) is 0 Å². The number of nitrogens with zero attached hydrogens (tertiary/aromatic N) is 1. The van der Waals surface area contributed by atoms with Crippen molar-refractivity contribution in [2.45, 2.75) is 57.8 Å². The molecular formula is C19H28BrIN4O2. The van der Waals surface area contributed by atoms with Crippen molar-refractivity contribution >= 4 is 57.5 Å². The van der Waals surface area contributed by atoms with E-state index in [9.17, 15) is 4.79 Å². The second-order valence-corrected chi connectivity index (χ2v) is 7.79. The minimum atomic E-state index is -0.0333. The number of carbonyl (C=O) groups excluding carboxylic acids is 1. The minimum Gasteiger partial charge on any atom is -0.373 e. The molecule has 3 rings (SSSR count). The lowest BCUT2D eigenvalue weighted by atomic mass is 9.96. The van der Waals surface area contributed by atoms with E-state index in [0.29, 0.717) is 31.2 Å². The quantitative estimate of drug-likeness (QED) is 0.287. The first-order valence-electron chi connectivity index (χ1n) is 9.31. The molecule has 1 aromatic carbocycles. The van der Waals surface area contributed by atoms with Gasteiger partial charge in [0.2, 0.25) is 5.91 Å². The molecule has 0 radical (unpaired) electrons. The fourth-order valence-electron chi connectivity index (χ4n) is 3.50. The standard InChI is InChI=1S/C19H27BrN4O2.HI/c1-3-21-19(24-16-11-14-6-7-17(16)26-14)22-9-8-18(25)23-15-10-13(20)5-4-12(15)2;/h4-5,10,14,16-17H,3,6-9,11H2,1-2H3,(H,23,25)(H2,21,22,24);1H. The van der Waals surface area contributed by atoms with Crippen molar-refractivity contribution in [3.8, 4) is 0 Å². The van der Waals surface area contributed by atoms with Gasteiger partial charge in [-0.2, -0.15) is 0 Å². The molecular weight excluding hydrogens is 523 g/mol. The monoisotopic (exact) mass is 550 g/mol. The summed E-state index contributed by atoms with van der Waals surface area (Å²) in [6.45, 7) is 5.24. The van der Waals surface area contributed by atoms with Gasteiger partial charge in [-0.1, -0.05) is 22.0 Å². The molecule has 1 aromatic rings. The number of rotatable bonds is 6. The fraction of sp³-hybridized carbons (Fsp3) is 0.579. The van der Waals surface area contributed by atoms with Gasteiger partial charge in [-0.15, -0.1) is 24.0 Å². The summed E-state index contributed by atoms with van der Waals surface area (Å²) in [4.78, 5) is 16.8. The first-order valence-corrected chi connectivity index (χ1v) is 10.1. The molecule has 0 spiro atoms. The molecule has 0 aliphatic carbocycles. The summed E-state index contributed by atoms with van der Waals surface area (Å²) in [5.41, 5.74) is 1.87. The lowest BCUT2D eigenvalue weighted by Crippen LogP contribution is -2.47. The molecule has 0 saturated carbocycles. The Labute approximate surface area is 186 Å². The number of carbonyl (C=O) groups is 1. The number of aliphatic imine (C=N–C) groups is 1. The third kappa shape index (κ3) is 6.32. The van der Waals surface area contributed by atoms with Crippen LogP contribution in [0.1, 0.15) is 38.2 Å². The molecule has 2 saturated heterocycles. The SMILES string of the molecule is CCNC(=NCCC(=O)Nc1cc(Br)ccc1C)NC1CC2CCC1O2.I. The largest absolute Gasteiger partial charge is 0.373 e. The van der Waals surface area contributed by atoms with E-state index in [1.807, 2.05) is 32.0 Å². The number of aryl methyl sites for hydroxylation is 1. The maximum absolute atomic E-state index is 12.2. The predicted molar refractivity (Wildman–Crippen MR) is 123 cm³/mol. The fourth-order valence-corrected chi connectivity index (χ4v) is 3.86. The molecule has 3 unspecified atom stereocenters. The van der Waals surface area contributed by atoms with Crippen LogP contribution >= 0.6 is 39.9 Å². The first kappa shape index (κ1) is 22.4. The molecule has 2 bridgehead atoms. The van der Waals surface area contributed by atoms with Crippen LogP contribution in [0, 0.1) is 6.92 Å². The van der Waals surface area contributed by atoms with Gasteiger partial charge in [0.1, 0.15) is 0 Å². The Morgan fingerprint density at radius 1 is 1.37 bits per heavy atom. The van der Waals surface area contributed by atoms with Gasteiger partial charge in [0.15, 0.2) is 5.96 Å². The van der Waals surface area contributed by atoms with Crippen LogP contribution in [0.15, 0.2) is 27.7 Å². The third-order valence-electron chi connectivity index (χ3n) is 4.85. The average Bonchev–Trinajstić information content (AvgIpc) is 3.21. The zero-order valence-corrected chi connectivity index (χ0v) is 19.7. The van der Waals surface area contributed by atoms with Crippen molar-refractivity contribution in [3.63, 3.8) is 0 Å². The summed E-state index contributed by atoms with van der Waals surface area (Å²) in [5, 5.41) is 9.67. The Bertz CT molecular complexity index is 686. The molecule has 27 heavy (non-hydrogen) atoms. The highest BCUT2D eigenvalue weighted by Gasteiger charge is 2.41. The molecule has 8 heteroatoms. The number of ether oxygens (including phenoxy) is 1. The molecule has 2 aliphatic heterocycles. The highest BCUT2D eigenvalue weighted by molar-refractivity contribution is 14.0. The van der Waals surface area contributed by atoms with Crippen LogP contribution in [0.3, 0.4) is 0 Å². The van der Waals surface area contributed by atoms with Gasteiger partial charge >= 0.3 is 0 Å². The molecule has 6 nitrogen and oxygen atoms in total. The summed E-state index contributed by atoms with van der Waals surface area (Å²) in [6.07, 6.45) is 4.38. The van der Waals surface area contributed by atoms with Crippen LogP contribution in [0.25, 0.3) is 0 Å². The number of guanidine groups is 1. The Kier molecular flexibility index (Phi) is 8.81. The van der Waals surface area contributed by atoms with E-state index in [2.05, 4.69) is 36.9 Å². The number of halogens is 2. The van der Waals surface area contributed by atoms with Crippen molar-refractivity contribution < 1.29 is 9.53 Å². The van der Waals surface area contributed by atoms with E-state index >= 15 is 0 Å². The molecule has 2 heterocycles. The summed E-state index contributed by atoms with van der Waals surface area (Å²) in [7, 11) is 0. The second kappa shape index (κ2) is 10.6. The zero-order valence-electron chi connectivity index (χ0n) is 15.8. The van der Waals surface area contributed by atoms with Crippen molar-refractivity contribution in [2.24, 2.45) is 4.99 Å². The van der Waals surface area contributed by atoms with Crippen LogP contribution in [-0.2, 0) is 9.53 Å². The predicted octanol–water partition coefficient (Wildman–Crippen LogP) is 3.58. The maximum Gasteiger partial charge on any atom is 0.226 e. The zero-order chi connectivity index (χ0) is 18.5. The molecule has 3 N–H and O–H groups in total. The lowest BCUT2D eigenvalue weighted by Gasteiger charge is -2.22. The van der Waals surface area contributed by atoms with Crippen molar-refractivity contribution in [1.29, 1.82) is 0 Å². The number of fused-ring (bicyclic) bond motifs is 2. The molecule has 0 aromatic heterocycles. The van der Waals surface area contributed by atoms with E-state index in [4.69, 9.17) is 4.74 Å². The van der Waals surface area contributed by atoms with Crippen LogP contribution in [0.4, 0.5) is 5.69 Å². The minimum absolute atomic E-state index is 0. The van der Waals surface area contributed by atoms with Gasteiger partial charge < -0.3 is 20.7 Å². The van der Waals surface area contributed by atoms with E-state index in [-0.39, 0.29) is 29.9 Å². The maximum atomic E-state index is 12.2. The molecule has 2 fully saturated rings. The average molecular weight is 551 g/mol. The molecule has 3 atom stereocenters. The third-order valence-corrected chi connectivity index (χ3v) is 5.35. The summed E-state index contributed by atoms with van der Waals surface area (Å²) >= 11 is 3.43. The summed E-state index contributed by atoms with van der Waals surface area (Å²) in [6, 6.07) is 6.17. The van der Waals surface area contributed by atoms with Gasteiger partial charge in [-0.3, -0.25) is 9.79 Å². The lowest BCUT2D eigenvalue weighted by molar-refractivity contribution is -0.116. The smallest absolute Gasteiger partial charge is 0.226 e. The van der Waals surface area contributed by atoms with Crippen molar-refractivity contribution in [2.75, 3.05) is 18.4 Å². The highest BCUT2D eigenvalue weighted by atomic mass is 127. The van der Waals surface area contributed by atoms with Crippen molar-refractivity contribution in [3.05, 3.63) is 28.2 Å². The van der Waals surface area contributed by atoms with Gasteiger partial charge in [0.25, 0.3) is 0 Å². The number of benzene rings is 1. The molecule has 150 valence electrons. The Balaban J connectivity index is 0.00000261. The van der Waals surface area contributed by atoms with Gasteiger partial charge in [-0.25, -0.2) is 0 Å². The number of anilines is 1. The van der Waals surface area contributed by atoms with Crippen LogP contribution in [-0.4, -0.2) is 43.2 Å². The van der Waals surface area contributed by atoms with Crippen LogP contribution < -0.4 is 16.0 Å². The van der Waals surface area contributed by atoms with E-state index in [1.165, 1.54) is 6.42 Å². The van der Waals surface area contributed by atoms with Crippen molar-refractivity contribution in [1.82, 2.24) is 10.6 Å². The normalized spacial score (nSPS) is 23.7. The Hall–Kier alpha value is -0.870. The summed E-state index contributed by atoms with van der Waals surface area (Å²) in [5.74, 6) is 0.731. The van der Waals surface area contributed by atoms with E-state index in [0.717, 1.165) is 41.1 Å². The summed E-state index contributed by atoms with van der Waals surface area (Å²) < 4.78 is 6.83. The second-order valence-electron chi connectivity index (χ2n) is 6.88. The molecule has 2 aliphatic rings. The van der Waals surface area contributed by atoms with E-state index in [1.54, 1.807) is 0 Å². The molecule has 1 amide bonds. The van der Waals surface area contributed by atoms with Gasteiger partial charge in [0.05, 0.1) is 24.8 Å². The Morgan fingerprint density at radius 3 is 2.85 bits per heavy atom. The van der Waals surface area contributed by atoms with Gasteiger partial charge in [-0.05, 0) is 50.8 Å². The highest BCUT2D eigenvalue weighted by Crippen LogP contribution is 2.34. The first-order chi connectivity index (χ1) is 12.5. The van der Waals surface area contributed by atoms with Crippen LogP contribution in [0.5, 0.6) is 0 Å². The number of hydrogen-bond acceptors (Lipinski definition) is 3. The number of hydrogen-bond donors (Lipinski definition) is 3. The topological polar surface area (TPSA) is 74.8 Å². The number of nitrogens with one attached hydrogen (secondary N) is 3. The van der Waals surface area contributed by atoms with E-state index < -0.39 is 0 Å². The van der Waals surface area contributed by atoms with Gasteiger partial charge in [0, 0.05) is 23.1 Å². The number of amides is 1.